The Morgan fingerprint density at radius 1 is 0.789 bits per heavy atom. The van der Waals surface area contributed by atoms with E-state index in [1.54, 1.807) is 24.3 Å². The number of carbonyl (C=O) groups is 4. The molecule has 5 aromatic carbocycles. The molecule has 1 aliphatic carbocycles. The van der Waals surface area contributed by atoms with Crippen LogP contribution in [0.2, 0.25) is 0 Å². The summed E-state index contributed by atoms with van der Waals surface area (Å²) in [5.41, 5.74) is -4.71. The number of hydrogen-bond acceptors (Lipinski definition) is 8. The SMILES string of the molecule is CCOC(=O)C1(C#N)C(C(=O)OC)C=C(C(C(=O)OC)=P(c2ccccc2)(c2ccccc2)c2ccccc2)C12C(=O)N(Cc1ccccc1)c1ccc(F)cc12. The summed E-state index contributed by atoms with van der Waals surface area (Å²) in [6.45, 7) is -2.35. The Balaban J connectivity index is 1.78. The predicted molar refractivity (Wildman–Crippen MR) is 216 cm³/mol. The first-order valence-electron chi connectivity index (χ1n) is 18.2. The van der Waals surface area contributed by atoms with Crippen molar-refractivity contribution in [1.29, 1.82) is 5.26 Å². The van der Waals surface area contributed by atoms with Gasteiger partial charge in [0.1, 0.15) is 17.2 Å². The fourth-order valence-electron chi connectivity index (χ4n) is 8.56. The number of benzene rings is 5. The molecule has 1 spiro atoms. The summed E-state index contributed by atoms with van der Waals surface area (Å²) >= 11 is 0. The minimum Gasteiger partial charge on any atom is -0.469 e. The number of hydrogen-bond donors (Lipinski definition) is 0. The maximum Gasteiger partial charge on any atom is 0.339 e. The van der Waals surface area contributed by atoms with Crippen LogP contribution in [0.4, 0.5) is 10.1 Å². The Hall–Kier alpha value is -6.56. The van der Waals surface area contributed by atoms with Crippen LogP contribution in [0.15, 0.2) is 151 Å². The zero-order chi connectivity index (χ0) is 40.4. The minimum absolute atomic E-state index is 0.0650. The molecule has 0 aromatic heterocycles. The third-order valence-corrected chi connectivity index (χ3v) is 15.1. The number of halogens is 1. The summed E-state index contributed by atoms with van der Waals surface area (Å²) in [6, 6.07) is 42.4. The fraction of sp³-hybridized carbons (Fsp3) is 0.174. The van der Waals surface area contributed by atoms with Gasteiger partial charge in [0, 0.05) is 11.3 Å². The highest BCUT2D eigenvalue weighted by atomic mass is 31.2. The van der Waals surface area contributed by atoms with Gasteiger partial charge in [0.15, 0.2) is 5.41 Å². The lowest BCUT2D eigenvalue weighted by Gasteiger charge is -2.42. The predicted octanol–water partition coefficient (Wildman–Crippen LogP) is 5.75. The topological polar surface area (TPSA) is 123 Å². The molecular weight excluding hydrogens is 742 g/mol. The third-order valence-electron chi connectivity index (χ3n) is 10.8. The van der Waals surface area contributed by atoms with Crippen molar-refractivity contribution in [3.8, 4) is 6.07 Å². The molecular formula is C46H38FN2O7P. The lowest BCUT2D eigenvalue weighted by atomic mass is 9.57. The molecule has 0 bridgehead atoms. The van der Waals surface area contributed by atoms with Gasteiger partial charge in [-0.15, -0.1) is 0 Å². The number of nitriles is 1. The van der Waals surface area contributed by atoms with Gasteiger partial charge in [0.05, 0.1) is 38.7 Å². The molecule has 3 unspecified atom stereocenters. The molecule has 1 heterocycles. The largest absolute Gasteiger partial charge is 0.469 e. The van der Waals surface area contributed by atoms with Crippen molar-refractivity contribution in [3.63, 3.8) is 0 Å². The first-order chi connectivity index (χ1) is 27.7. The van der Waals surface area contributed by atoms with E-state index in [1.165, 1.54) is 37.1 Å². The van der Waals surface area contributed by atoms with Crippen LogP contribution in [0.25, 0.3) is 0 Å². The van der Waals surface area contributed by atoms with E-state index in [0.29, 0.717) is 21.5 Å². The van der Waals surface area contributed by atoms with Crippen LogP contribution < -0.4 is 20.8 Å². The number of esters is 3. The lowest BCUT2D eigenvalue weighted by molar-refractivity contribution is -0.165. The van der Waals surface area contributed by atoms with E-state index in [9.17, 15) is 14.9 Å². The molecule has 3 atom stereocenters. The highest BCUT2D eigenvalue weighted by Gasteiger charge is 2.78. The number of anilines is 1. The molecule has 11 heteroatoms. The Kier molecular flexibility index (Phi) is 10.5. The molecule has 57 heavy (non-hydrogen) atoms. The number of rotatable bonds is 10. The monoisotopic (exact) mass is 780 g/mol. The Labute approximate surface area is 329 Å². The summed E-state index contributed by atoms with van der Waals surface area (Å²) in [6.07, 6.45) is 1.31. The Bertz CT molecular complexity index is 2400. The summed E-state index contributed by atoms with van der Waals surface area (Å²) in [7, 11) is 2.30. The normalized spacial score (nSPS) is 19.6. The number of methoxy groups -OCH3 is 2. The van der Waals surface area contributed by atoms with Gasteiger partial charge in [-0.1, -0.05) is 127 Å². The van der Waals surface area contributed by atoms with E-state index in [-0.39, 0.29) is 35.3 Å². The number of nitrogens with zero attached hydrogens (tertiary/aromatic N) is 2. The Morgan fingerprint density at radius 2 is 1.32 bits per heavy atom. The van der Waals surface area contributed by atoms with Crippen LogP contribution in [0.3, 0.4) is 0 Å². The maximum atomic E-state index is 16.1. The van der Waals surface area contributed by atoms with Crippen LogP contribution in [-0.4, -0.2) is 49.9 Å². The van der Waals surface area contributed by atoms with Crippen molar-refractivity contribution in [3.05, 3.63) is 168 Å². The van der Waals surface area contributed by atoms with Crippen molar-refractivity contribution in [1.82, 2.24) is 0 Å². The summed E-state index contributed by atoms with van der Waals surface area (Å²) in [5.74, 6) is -6.59. The lowest BCUT2D eigenvalue weighted by Crippen LogP contribution is -2.60. The highest BCUT2D eigenvalue weighted by molar-refractivity contribution is 7.96. The number of ether oxygens (including phenoxy) is 3. The molecule has 286 valence electrons. The quantitative estimate of drug-likeness (QED) is 0.0998. The van der Waals surface area contributed by atoms with Gasteiger partial charge in [-0.2, -0.15) is 5.26 Å². The van der Waals surface area contributed by atoms with Crippen LogP contribution in [-0.2, 0) is 45.3 Å². The zero-order valence-electron chi connectivity index (χ0n) is 31.4. The van der Waals surface area contributed by atoms with Gasteiger partial charge >= 0.3 is 17.9 Å². The first kappa shape index (κ1) is 38.7. The van der Waals surface area contributed by atoms with E-state index in [0.717, 1.165) is 13.2 Å². The maximum absolute atomic E-state index is 16.1. The molecule has 1 aliphatic heterocycles. The molecule has 0 N–H and O–H groups in total. The van der Waals surface area contributed by atoms with Gasteiger partial charge in [-0.3, -0.25) is 14.4 Å². The standard InChI is InChI=1S/C46H38FN2O7P/c1-4-56-44(53)45(30-48)38(41(50)54-2)28-37(46(45)36-27-32(47)25-26-39(36)49(43(46)52)29-31-17-9-5-10-18-31)40(42(51)55-3)57(33-19-11-6-12-20-33,34-21-13-7-14-22-34)35-23-15-8-16-24-35/h5-28,38H,4,29H2,1-3H3. The van der Waals surface area contributed by atoms with Crippen molar-refractivity contribution < 1.29 is 37.8 Å². The van der Waals surface area contributed by atoms with Gasteiger partial charge < -0.3 is 19.1 Å². The molecule has 1 amide bonds. The van der Waals surface area contributed by atoms with Crippen molar-refractivity contribution in [2.24, 2.45) is 11.3 Å². The van der Waals surface area contributed by atoms with E-state index in [1.807, 2.05) is 97.1 Å². The van der Waals surface area contributed by atoms with E-state index in [2.05, 4.69) is 6.07 Å². The third kappa shape index (κ3) is 5.72. The average Bonchev–Trinajstić information content (AvgIpc) is 3.69. The van der Waals surface area contributed by atoms with E-state index in [4.69, 9.17) is 14.2 Å². The summed E-state index contributed by atoms with van der Waals surface area (Å²) < 4.78 is 32.6. The van der Waals surface area contributed by atoms with Crippen LogP contribution in [0.1, 0.15) is 18.1 Å². The van der Waals surface area contributed by atoms with Crippen molar-refractivity contribution in [2.75, 3.05) is 25.7 Å². The Morgan fingerprint density at radius 3 is 1.79 bits per heavy atom. The van der Waals surface area contributed by atoms with Gasteiger partial charge in [-0.05, 0) is 59.1 Å². The fourth-order valence-corrected chi connectivity index (χ4v) is 13.1. The van der Waals surface area contributed by atoms with Gasteiger partial charge in [-0.25, -0.2) is 9.18 Å². The average molecular weight is 781 g/mol. The molecule has 2 aliphatic rings. The molecule has 9 nitrogen and oxygen atoms in total. The highest BCUT2D eigenvalue weighted by Crippen LogP contribution is 2.66. The minimum atomic E-state index is -3.58. The number of amides is 1. The molecule has 0 radical (unpaired) electrons. The smallest absolute Gasteiger partial charge is 0.339 e. The number of carbonyl (C=O) groups excluding carboxylic acids is 4. The zero-order valence-corrected chi connectivity index (χ0v) is 32.3. The van der Waals surface area contributed by atoms with Crippen LogP contribution >= 0.6 is 6.89 Å². The van der Waals surface area contributed by atoms with E-state index < -0.39 is 53.3 Å². The molecule has 7 rings (SSSR count). The second kappa shape index (κ2) is 15.5. The van der Waals surface area contributed by atoms with Gasteiger partial charge in [0.25, 0.3) is 0 Å². The van der Waals surface area contributed by atoms with Gasteiger partial charge in [0.2, 0.25) is 5.91 Å². The van der Waals surface area contributed by atoms with E-state index >= 15 is 14.0 Å². The summed E-state index contributed by atoms with van der Waals surface area (Å²) in [5, 5.41) is 13.5. The molecule has 0 saturated heterocycles. The second-order valence-corrected chi connectivity index (χ2v) is 16.9. The molecule has 0 fully saturated rings. The first-order valence-corrected chi connectivity index (χ1v) is 20.0. The summed E-state index contributed by atoms with van der Waals surface area (Å²) in [4.78, 5) is 61.8. The van der Waals surface area contributed by atoms with Crippen molar-refractivity contribution >= 4 is 57.6 Å². The number of fused-ring (bicyclic) bond motifs is 2. The molecule has 0 saturated carbocycles. The van der Waals surface area contributed by atoms with Crippen molar-refractivity contribution in [2.45, 2.75) is 18.9 Å². The van der Waals surface area contributed by atoms with Crippen LogP contribution in [0.5, 0.6) is 0 Å². The molecule has 5 aromatic rings. The second-order valence-electron chi connectivity index (χ2n) is 13.5. The van der Waals surface area contributed by atoms with Crippen LogP contribution in [0, 0.1) is 28.5 Å².